The Kier molecular flexibility index (Phi) is 5.27. The molecule has 0 radical (unpaired) electrons. The first-order chi connectivity index (χ1) is 20.3. The van der Waals surface area contributed by atoms with Crippen molar-refractivity contribution in [3.63, 3.8) is 0 Å². The van der Waals surface area contributed by atoms with Crippen molar-refractivity contribution < 1.29 is 0 Å². The lowest BCUT2D eigenvalue weighted by Crippen LogP contribution is -2.01. The van der Waals surface area contributed by atoms with Gasteiger partial charge in [0.25, 0.3) is 0 Å². The monoisotopic (exact) mass is 578 g/mol. The van der Waals surface area contributed by atoms with Gasteiger partial charge in [0.05, 0.1) is 22.7 Å². The third-order valence-corrected chi connectivity index (χ3v) is 11.3. The van der Waals surface area contributed by atoms with E-state index in [4.69, 9.17) is 0 Å². The minimum absolute atomic E-state index is 1.17. The molecule has 6 aromatic carbocycles. The zero-order chi connectivity index (χ0) is 26.9. The van der Waals surface area contributed by atoms with Crippen LogP contribution < -0.4 is 10.6 Å². The lowest BCUT2D eigenvalue weighted by atomic mass is 9.98. The maximum Gasteiger partial charge on any atom is 0.0606 e. The molecule has 0 fully saturated rings. The van der Waals surface area contributed by atoms with Gasteiger partial charge < -0.3 is 10.6 Å². The van der Waals surface area contributed by atoms with Crippen LogP contribution in [0.4, 0.5) is 22.7 Å². The van der Waals surface area contributed by atoms with E-state index in [1.165, 1.54) is 84.8 Å². The highest BCUT2D eigenvalue weighted by atomic mass is 32.2. The van der Waals surface area contributed by atoms with Gasteiger partial charge >= 0.3 is 0 Å². The molecule has 0 saturated carbocycles. The van der Waals surface area contributed by atoms with Crippen LogP contribution in [0.3, 0.4) is 0 Å². The molecule has 0 saturated heterocycles. The molecule has 7 aromatic rings. The van der Waals surface area contributed by atoms with Crippen molar-refractivity contribution >= 4 is 77.8 Å². The molecule has 2 aliphatic rings. The summed E-state index contributed by atoms with van der Waals surface area (Å²) in [5, 5.41) is 10.1. The Balaban J connectivity index is 1.16. The van der Waals surface area contributed by atoms with Crippen LogP contribution in [-0.4, -0.2) is 0 Å². The number of para-hydroxylation sites is 4. The van der Waals surface area contributed by atoms with Crippen LogP contribution in [0.1, 0.15) is 0 Å². The summed E-state index contributed by atoms with van der Waals surface area (Å²) in [6.45, 7) is 0. The molecule has 5 heteroatoms. The zero-order valence-electron chi connectivity index (χ0n) is 21.8. The number of benzene rings is 6. The molecule has 3 heterocycles. The summed E-state index contributed by atoms with van der Waals surface area (Å²) in [6, 6.07) is 44.2. The second-order valence-corrected chi connectivity index (χ2v) is 13.6. The molecule has 9 rings (SSSR count). The zero-order valence-corrected chi connectivity index (χ0v) is 24.2. The topological polar surface area (TPSA) is 24.1 Å². The number of hydrogen-bond acceptors (Lipinski definition) is 5. The van der Waals surface area contributed by atoms with Gasteiger partial charge in [-0.3, -0.25) is 0 Å². The van der Waals surface area contributed by atoms with Crippen molar-refractivity contribution in [2.24, 2.45) is 0 Å². The predicted octanol–water partition coefficient (Wildman–Crippen LogP) is 11.8. The molecule has 2 aliphatic heterocycles. The van der Waals surface area contributed by atoms with Gasteiger partial charge in [-0.05, 0) is 71.8 Å². The maximum absolute atomic E-state index is 3.73. The van der Waals surface area contributed by atoms with Crippen molar-refractivity contribution in [1.29, 1.82) is 0 Å². The summed E-state index contributed by atoms with van der Waals surface area (Å²) >= 11 is 5.54. The van der Waals surface area contributed by atoms with Crippen LogP contribution in [0.15, 0.2) is 141 Å². The van der Waals surface area contributed by atoms with E-state index in [9.17, 15) is 0 Å². The van der Waals surface area contributed by atoms with Crippen LogP contribution in [0.25, 0.3) is 42.4 Å². The first kappa shape index (κ1) is 23.5. The second kappa shape index (κ2) is 9.18. The second-order valence-electron chi connectivity index (χ2n) is 10.3. The van der Waals surface area contributed by atoms with Gasteiger partial charge in [0.1, 0.15) is 0 Å². The van der Waals surface area contributed by atoms with Gasteiger partial charge in [-0.2, -0.15) is 0 Å². The molecule has 0 bridgehead atoms. The third-order valence-electron chi connectivity index (χ3n) is 7.88. The summed E-state index contributed by atoms with van der Waals surface area (Å²) in [7, 11) is 0. The minimum atomic E-state index is 1.17. The summed E-state index contributed by atoms with van der Waals surface area (Å²) in [4.78, 5) is 5.06. The highest BCUT2D eigenvalue weighted by Gasteiger charge is 2.21. The molecule has 2 N–H and O–H groups in total. The predicted molar refractivity (Wildman–Crippen MR) is 178 cm³/mol. The summed E-state index contributed by atoms with van der Waals surface area (Å²) in [6.07, 6.45) is 0. The van der Waals surface area contributed by atoms with E-state index in [2.05, 4.69) is 132 Å². The lowest BCUT2D eigenvalue weighted by Gasteiger charge is -2.23. The fraction of sp³-hybridized carbons (Fsp3) is 0. The largest absolute Gasteiger partial charge is 0.353 e. The number of thiophene rings is 1. The maximum atomic E-state index is 3.73. The van der Waals surface area contributed by atoms with Crippen LogP contribution in [-0.2, 0) is 0 Å². The molecule has 41 heavy (non-hydrogen) atoms. The Bertz CT molecular complexity index is 2030. The lowest BCUT2D eigenvalue weighted by molar-refractivity contribution is 1.31. The number of hydrogen-bond donors (Lipinski definition) is 2. The summed E-state index contributed by atoms with van der Waals surface area (Å²) in [5.41, 5.74) is 9.66. The Morgan fingerprint density at radius 2 is 0.878 bits per heavy atom. The van der Waals surface area contributed by atoms with Crippen LogP contribution in [0, 0.1) is 0 Å². The number of nitrogens with one attached hydrogen (secondary N) is 2. The van der Waals surface area contributed by atoms with Crippen LogP contribution in [0.2, 0.25) is 0 Å². The Morgan fingerprint density at radius 1 is 0.415 bits per heavy atom. The van der Waals surface area contributed by atoms with Crippen LogP contribution in [0.5, 0.6) is 0 Å². The number of rotatable bonds is 2. The fourth-order valence-corrected chi connectivity index (χ4v) is 9.02. The normalized spacial score (nSPS) is 13.1. The molecule has 1 aromatic heterocycles. The van der Waals surface area contributed by atoms with Crippen molar-refractivity contribution in [3.8, 4) is 22.3 Å². The van der Waals surface area contributed by atoms with E-state index in [0.717, 1.165) is 0 Å². The first-order valence-electron chi connectivity index (χ1n) is 13.6. The Hall–Kier alpha value is -4.16. The van der Waals surface area contributed by atoms with Gasteiger partial charge in [-0.15, -0.1) is 11.3 Å². The number of fused-ring (bicyclic) bond motifs is 7. The first-order valence-corrected chi connectivity index (χ1v) is 16.0. The molecule has 2 nitrogen and oxygen atoms in total. The SMILES string of the molecule is c1ccc2c(c1)Nc1c(cccc1-c1ccc3sc4ccc(-c5cccc6c5Nc5ccccc5S6)cc4c3c1)S2. The molecule has 0 atom stereocenters. The highest BCUT2D eigenvalue weighted by Crippen LogP contribution is 2.50. The van der Waals surface area contributed by atoms with Gasteiger partial charge in [-0.25, -0.2) is 0 Å². The van der Waals surface area contributed by atoms with Gasteiger partial charge in [0, 0.05) is 50.9 Å². The Labute approximate surface area is 250 Å². The van der Waals surface area contributed by atoms with Crippen molar-refractivity contribution in [2.45, 2.75) is 19.6 Å². The van der Waals surface area contributed by atoms with Crippen LogP contribution >= 0.6 is 34.9 Å². The molecular formula is C36H22N2S3. The smallest absolute Gasteiger partial charge is 0.0606 e. The summed E-state index contributed by atoms with van der Waals surface area (Å²) < 4.78 is 2.63. The summed E-state index contributed by atoms with van der Waals surface area (Å²) in [5.74, 6) is 0. The average Bonchev–Trinajstić information content (AvgIpc) is 3.39. The van der Waals surface area contributed by atoms with E-state index in [1.54, 1.807) is 0 Å². The minimum Gasteiger partial charge on any atom is -0.353 e. The average molecular weight is 579 g/mol. The molecule has 0 amide bonds. The molecule has 194 valence electrons. The van der Waals surface area contributed by atoms with Crippen molar-refractivity contribution in [2.75, 3.05) is 10.6 Å². The van der Waals surface area contributed by atoms with E-state index >= 15 is 0 Å². The van der Waals surface area contributed by atoms with Gasteiger partial charge in [0.2, 0.25) is 0 Å². The molecular weight excluding hydrogens is 557 g/mol. The van der Waals surface area contributed by atoms with Gasteiger partial charge in [-0.1, -0.05) is 84.2 Å². The van der Waals surface area contributed by atoms with Crippen molar-refractivity contribution in [3.05, 3.63) is 121 Å². The van der Waals surface area contributed by atoms with Gasteiger partial charge in [0.15, 0.2) is 0 Å². The molecule has 0 spiro atoms. The van der Waals surface area contributed by atoms with E-state index in [1.807, 2.05) is 34.9 Å². The Morgan fingerprint density at radius 3 is 1.39 bits per heavy atom. The molecule has 0 aliphatic carbocycles. The third kappa shape index (κ3) is 3.81. The highest BCUT2D eigenvalue weighted by molar-refractivity contribution is 8.00. The number of anilines is 4. The standard InChI is InChI=1S/C36H22N2S3/c1-3-11-31-27(9-1)37-35-23(7-5-13-33(35)40-31)21-15-17-29-25(19-21)26-20-22(16-18-30(26)39-29)24-8-6-14-34-36(24)38-28-10-2-4-12-32(28)41-34/h1-20,37-38H. The van der Waals surface area contributed by atoms with E-state index in [-0.39, 0.29) is 0 Å². The quantitative estimate of drug-likeness (QED) is 0.213. The van der Waals surface area contributed by atoms with E-state index in [0.29, 0.717) is 0 Å². The fourth-order valence-electron chi connectivity index (χ4n) is 5.91. The molecule has 0 unspecified atom stereocenters. The van der Waals surface area contributed by atoms with E-state index < -0.39 is 0 Å². The van der Waals surface area contributed by atoms with Crippen molar-refractivity contribution in [1.82, 2.24) is 0 Å².